The first-order valence-corrected chi connectivity index (χ1v) is 8.46. The molecule has 126 valence electrons. The maximum absolute atomic E-state index is 12.3. The number of halogens is 2. The molecule has 1 amide bonds. The molecule has 0 aliphatic carbocycles. The number of hydrogen-bond donors (Lipinski definition) is 0. The van der Waals surface area contributed by atoms with Crippen LogP contribution in [0.15, 0.2) is 42.6 Å². The Morgan fingerprint density at radius 1 is 1.12 bits per heavy atom. The maximum Gasteiger partial charge on any atom is 0.274 e. The minimum absolute atomic E-state index is 0.0290. The molecular weight excluding hydrogens is 349 g/mol. The Hall–Kier alpha value is -1.98. The zero-order chi connectivity index (χ0) is 16.9. The van der Waals surface area contributed by atoms with Crippen molar-refractivity contribution >= 4 is 34.9 Å². The van der Waals surface area contributed by atoms with Gasteiger partial charge in [-0.05, 0) is 24.3 Å². The Balaban J connectivity index is 1.50. The van der Waals surface area contributed by atoms with Crippen LogP contribution in [0.4, 0.5) is 5.82 Å². The van der Waals surface area contributed by atoms with E-state index in [1.165, 1.54) is 0 Å². The van der Waals surface area contributed by atoms with Gasteiger partial charge in [-0.2, -0.15) is 0 Å². The number of amides is 1. The molecule has 1 aliphatic rings. The van der Waals surface area contributed by atoms with Crippen molar-refractivity contribution in [3.8, 4) is 5.75 Å². The van der Waals surface area contributed by atoms with Gasteiger partial charge < -0.3 is 9.64 Å². The summed E-state index contributed by atoms with van der Waals surface area (Å²) in [7, 11) is 0. The van der Waals surface area contributed by atoms with Crippen LogP contribution in [-0.2, 0) is 4.79 Å². The third-order valence-electron chi connectivity index (χ3n) is 3.91. The van der Waals surface area contributed by atoms with Gasteiger partial charge in [-0.3, -0.25) is 9.69 Å². The first-order valence-electron chi connectivity index (χ1n) is 7.71. The van der Waals surface area contributed by atoms with E-state index in [1.807, 2.05) is 29.3 Å². The fraction of sp³-hybridized carbons (Fsp3) is 0.294. The number of ether oxygens (including phenoxy) is 1. The highest BCUT2D eigenvalue weighted by molar-refractivity contribution is 6.35. The molecule has 24 heavy (non-hydrogen) atoms. The summed E-state index contributed by atoms with van der Waals surface area (Å²) in [6.45, 7) is 2.87. The molecular formula is C17H18Cl2N3O2+. The molecule has 1 aromatic carbocycles. The lowest BCUT2D eigenvalue weighted by Crippen LogP contribution is -2.51. The van der Waals surface area contributed by atoms with E-state index in [4.69, 9.17) is 27.9 Å². The molecule has 1 aromatic heterocycles. The average molecular weight is 367 g/mol. The number of H-pyrrole nitrogens is 1. The first-order chi connectivity index (χ1) is 11.6. The molecule has 7 heteroatoms. The standard InChI is InChI=1S/C17H17Cl2N3O2/c18-13-4-5-15(14(19)11-13)24-12-17(23)22-9-7-21(8-10-22)16-3-1-2-6-20-16/h1-6,11H,7-10,12H2/p+1. The van der Waals surface area contributed by atoms with Crippen LogP contribution < -0.4 is 14.6 Å². The maximum atomic E-state index is 12.3. The van der Waals surface area contributed by atoms with Gasteiger partial charge in [0.25, 0.3) is 11.7 Å². The summed E-state index contributed by atoms with van der Waals surface area (Å²) in [6.07, 6.45) is 1.90. The van der Waals surface area contributed by atoms with E-state index in [2.05, 4.69) is 9.88 Å². The number of pyridine rings is 1. The van der Waals surface area contributed by atoms with Gasteiger partial charge >= 0.3 is 0 Å². The normalized spacial score (nSPS) is 14.6. The summed E-state index contributed by atoms with van der Waals surface area (Å²) in [5.74, 6) is 1.48. The number of aromatic amines is 1. The first kappa shape index (κ1) is 16.9. The van der Waals surface area contributed by atoms with Gasteiger partial charge in [0.15, 0.2) is 6.61 Å². The third-order valence-corrected chi connectivity index (χ3v) is 4.44. The number of aromatic nitrogens is 1. The highest BCUT2D eigenvalue weighted by Gasteiger charge is 2.26. The number of nitrogens with zero attached hydrogens (tertiary/aromatic N) is 2. The van der Waals surface area contributed by atoms with Crippen LogP contribution in [0, 0.1) is 0 Å². The zero-order valence-corrected chi connectivity index (χ0v) is 14.6. The summed E-state index contributed by atoms with van der Waals surface area (Å²) in [4.78, 5) is 19.5. The molecule has 1 saturated heterocycles. The predicted octanol–water partition coefficient (Wildman–Crippen LogP) is 2.54. The Bertz CT molecular complexity index is 704. The van der Waals surface area contributed by atoms with E-state index < -0.39 is 0 Å². The van der Waals surface area contributed by atoms with Crippen molar-refractivity contribution in [3.05, 3.63) is 52.6 Å². The van der Waals surface area contributed by atoms with Crippen LogP contribution in [0.2, 0.25) is 10.0 Å². The number of hydrogen-bond acceptors (Lipinski definition) is 3. The highest BCUT2D eigenvalue weighted by atomic mass is 35.5. The second-order valence-electron chi connectivity index (χ2n) is 5.48. The second-order valence-corrected chi connectivity index (χ2v) is 6.32. The van der Waals surface area contributed by atoms with Crippen LogP contribution >= 0.6 is 23.2 Å². The molecule has 0 spiro atoms. The topological polar surface area (TPSA) is 46.9 Å². The lowest BCUT2D eigenvalue weighted by Gasteiger charge is -2.30. The molecule has 2 aromatic rings. The van der Waals surface area contributed by atoms with E-state index in [1.54, 1.807) is 18.2 Å². The number of carbonyl (C=O) groups is 1. The molecule has 1 fully saturated rings. The molecule has 1 N–H and O–H groups in total. The van der Waals surface area contributed by atoms with Crippen LogP contribution in [0.1, 0.15) is 0 Å². The number of anilines is 1. The second kappa shape index (κ2) is 7.73. The molecule has 0 atom stereocenters. The average Bonchev–Trinajstić information content (AvgIpc) is 2.62. The zero-order valence-electron chi connectivity index (χ0n) is 13.0. The molecule has 1 aliphatic heterocycles. The van der Waals surface area contributed by atoms with Crippen molar-refractivity contribution in [3.63, 3.8) is 0 Å². The summed E-state index contributed by atoms with van der Waals surface area (Å²) >= 11 is 11.9. The van der Waals surface area contributed by atoms with Gasteiger partial charge in [0.1, 0.15) is 18.8 Å². The van der Waals surface area contributed by atoms with E-state index >= 15 is 0 Å². The summed E-state index contributed by atoms with van der Waals surface area (Å²) < 4.78 is 5.52. The molecule has 5 nitrogen and oxygen atoms in total. The number of piperazine rings is 1. The van der Waals surface area contributed by atoms with Gasteiger partial charge in [0, 0.05) is 11.1 Å². The van der Waals surface area contributed by atoms with Crippen molar-refractivity contribution in [2.24, 2.45) is 0 Å². The summed E-state index contributed by atoms with van der Waals surface area (Å²) in [5.41, 5.74) is 0. The highest BCUT2D eigenvalue weighted by Crippen LogP contribution is 2.27. The predicted molar refractivity (Wildman–Crippen MR) is 93.7 cm³/mol. The third kappa shape index (κ3) is 4.10. The quantitative estimate of drug-likeness (QED) is 0.835. The number of nitrogens with one attached hydrogen (secondary N) is 1. The Morgan fingerprint density at radius 2 is 1.92 bits per heavy atom. The minimum Gasteiger partial charge on any atom is -0.482 e. The lowest BCUT2D eigenvalue weighted by molar-refractivity contribution is -0.364. The number of rotatable bonds is 4. The van der Waals surface area contributed by atoms with Crippen molar-refractivity contribution in [2.45, 2.75) is 0 Å². The molecule has 0 radical (unpaired) electrons. The van der Waals surface area contributed by atoms with Crippen LogP contribution in [0.5, 0.6) is 5.75 Å². The monoisotopic (exact) mass is 366 g/mol. The molecule has 3 rings (SSSR count). The van der Waals surface area contributed by atoms with Crippen molar-refractivity contribution in [1.82, 2.24) is 4.90 Å². The van der Waals surface area contributed by atoms with E-state index in [-0.39, 0.29) is 12.5 Å². The lowest BCUT2D eigenvalue weighted by atomic mass is 10.3. The summed E-state index contributed by atoms with van der Waals surface area (Å²) in [5, 5.41) is 0.937. The van der Waals surface area contributed by atoms with Crippen molar-refractivity contribution < 1.29 is 14.5 Å². The van der Waals surface area contributed by atoms with E-state index in [0.717, 1.165) is 18.9 Å². The Morgan fingerprint density at radius 3 is 2.58 bits per heavy atom. The molecule has 0 bridgehead atoms. The van der Waals surface area contributed by atoms with Crippen LogP contribution in [0.25, 0.3) is 0 Å². The molecule has 0 saturated carbocycles. The van der Waals surface area contributed by atoms with Crippen molar-refractivity contribution in [1.29, 1.82) is 0 Å². The summed E-state index contributed by atoms with van der Waals surface area (Å²) in [6, 6.07) is 10.9. The SMILES string of the molecule is O=C(COc1ccc(Cl)cc1Cl)N1CCN(c2cccc[nH+]2)CC1. The largest absolute Gasteiger partial charge is 0.482 e. The smallest absolute Gasteiger partial charge is 0.274 e. The Kier molecular flexibility index (Phi) is 5.43. The molecule has 0 unspecified atom stereocenters. The van der Waals surface area contributed by atoms with Gasteiger partial charge in [-0.15, -0.1) is 0 Å². The van der Waals surface area contributed by atoms with Gasteiger partial charge in [0.2, 0.25) is 0 Å². The number of carbonyl (C=O) groups excluding carboxylic acids is 1. The van der Waals surface area contributed by atoms with Gasteiger partial charge in [-0.25, -0.2) is 4.98 Å². The minimum atomic E-state index is -0.0438. The van der Waals surface area contributed by atoms with Gasteiger partial charge in [0.05, 0.1) is 24.3 Å². The number of benzene rings is 1. The van der Waals surface area contributed by atoms with Crippen molar-refractivity contribution in [2.75, 3.05) is 37.7 Å². The van der Waals surface area contributed by atoms with Gasteiger partial charge in [-0.1, -0.05) is 29.3 Å². The Labute approximate surface area is 150 Å². The molecule has 2 heterocycles. The fourth-order valence-corrected chi connectivity index (χ4v) is 3.06. The van der Waals surface area contributed by atoms with Crippen LogP contribution in [0.3, 0.4) is 0 Å². The van der Waals surface area contributed by atoms with E-state index in [0.29, 0.717) is 28.9 Å². The van der Waals surface area contributed by atoms with Crippen LogP contribution in [-0.4, -0.2) is 43.6 Å². The fourth-order valence-electron chi connectivity index (χ4n) is 2.60. The van der Waals surface area contributed by atoms with E-state index in [9.17, 15) is 4.79 Å².